The van der Waals surface area contributed by atoms with Gasteiger partial charge in [0.05, 0.1) is 24.8 Å². The van der Waals surface area contributed by atoms with Gasteiger partial charge >= 0.3 is 12.1 Å². The first-order valence-electron chi connectivity index (χ1n) is 4.90. The van der Waals surface area contributed by atoms with Gasteiger partial charge in [-0.3, -0.25) is 14.8 Å². The highest BCUT2D eigenvalue weighted by Crippen LogP contribution is 2.05. The normalized spacial score (nSPS) is 9.65. The molecular weight excluding hydrogens is 226 g/mol. The molecule has 1 aromatic rings. The molecule has 1 aromatic heterocycles. The van der Waals surface area contributed by atoms with Crippen LogP contribution >= 0.6 is 0 Å². The van der Waals surface area contributed by atoms with Gasteiger partial charge in [0.1, 0.15) is 6.61 Å². The Kier molecular flexibility index (Phi) is 4.74. The van der Waals surface area contributed by atoms with Crippen LogP contribution in [0.5, 0.6) is 0 Å². The van der Waals surface area contributed by atoms with Gasteiger partial charge in [-0.25, -0.2) is 4.79 Å². The molecule has 0 aliphatic heterocycles. The molecule has 1 amide bonds. The van der Waals surface area contributed by atoms with Crippen molar-refractivity contribution in [2.75, 3.05) is 11.9 Å². The van der Waals surface area contributed by atoms with E-state index in [9.17, 15) is 9.59 Å². The second kappa shape index (κ2) is 6.31. The fourth-order valence-corrected chi connectivity index (χ4v) is 1.05. The first-order chi connectivity index (χ1) is 8.11. The predicted octanol–water partition coefficient (Wildman–Crippen LogP) is 1.09. The number of hydrogen-bond donors (Lipinski definition) is 2. The van der Waals surface area contributed by atoms with Crippen LogP contribution in [-0.4, -0.2) is 33.6 Å². The molecule has 0 radical (unpaired) electrons. The molecule has 0 bridgehead atoms. The summed E-state index contributed by atoms with van der Waals surface area (Å²) in [5.74, 6) is -0.902. The minimum absolute atomic E-state index is 0.0258. The number of aryl methyl sites for hydroxylation is 1. The van der Waals surface area contributed by atoms with Crippen molar-refractivity contribution in [1.29, 1.82) is 0 Å². The zero-order chi connectivity index (χ0) is 12.7. The standard InChI is InChI=1S/C10H13N3O4/c1-2-5-17-10(16)12-8-6-11-13(7-8)4-3-9(14)15/h2,6-7H,1,3-5H2,(H,12,16)(H,14,15). The molecule has 0 aromatic carbocycles. The van der Waals surface area contributed by atoms with Crippen molar-refractivity contribution in [3.05, 3.63) is 25.0 Å². The number of carboxylic acids is 1. The molecule has 0 atom stereocenters. The van der Waals surface area contributed by atoms with E-state index in [4.69, 9.17) is 9.84 Å². The average Bonchev–Trinajstić information content (AvgIpc) is 2.71. The summed E-state index contributed by atoms with van der Waals surface area (Å²) in [6.07, 6.45) is 3.76. The third kappa shape index (κ3) is 4.83. The van der Waals surface area contributed by atoms with Crippen molar-refractivity contribution in [2.45, 2.75) is 13.0 Å². The van der Waals surface area contributed by atoms with Gasteiger partial charge in [0.25, 0.3) is 0 Å². The number of amides is 1. The van der Waals surface area contributed by atoms with Gasteiger partial charge in [0, 0.05) is 6.20 Å². The minimum atomic E-state index is -0.902. The Morgan fingerprint density at radius 2 is 2.41 bits per heavy atom. The number of aromatic nitrogens is 2. The summed E-state index contributed by atoms with van der Waals surface area (Å²) in [5.41, 5.74) is 0.449. The maximum Gasteiger partial charge on any atom is 0.412 e. The molecule has 1 rings (SSSR count). The van der Waals surface area contributed by atoms with Crippen LogP contribution in [0, 0.1) is 0 Å². The lowest BCUT2D eigenvalue weighted by Gasteiger charge is -2.01. The average molecular weight is 239 g/mol. The molecule has 0 aliphatic rings. The van der Waals surface area contributed by atoms with E-state index in [2.05, 4.69) is 17.0 Å². The van der Waals surface area contributed by atoms with E-state index in [1.165, 1.54) is 23.2 Å². The number of carboxylic acid groups (broad SMARTS) is 1. The summed E-state index contributed by atoms with van der Waals surface area (Å²) in [7, 11) is 0. The maximum atomic E-state index is 11.1. The Morgan fingerprint density at radius 3 is 3.06 bits per heavy atom. The van der Waals surface area contributed by atoms with E-state index >= 15 is 0 Å². The number of rotatable bonds is 6. The topological polar surface area (TPSA) is 93.5 Å². The number of carbonyl (C=O) groups excluding carboxylic acids is 1. The third-order valence-electron chi connectivity index (χ3n) is 1.77. The van der Waals surface area contributed by atoms with E-state index in [1.807, 2.05) is 0 Å². The summed E-state index contributed by atoms with van der Waals surface area (Å²) in [6.45, 7) is 3.78. The molecule has 0 saturated heterocycles. The molecule has 0 unspecified atom stereocenters. The zero-order valence-electron chi connectivity index (χ0n) is 9.13. The highest BCUT2D eigenvalue weighted by Gasteiger charge is 2.05. The van der Waals surface area contributed by atoms with Crippen molar-refractivity contribution in [1.82, 2.24) is 9.78 Å². The van der Waals surface area contributed by atoms with Crippen molar-refractivity contribution in [3.8, 4) is 0 Å². The molecule has 2 N–H and O–H groups in total. The lowest BCUT2D eigenvalue weighted by atomic mass is 10.4. The van der Waals surface area contributed by atoms with E-state index in [1.54, 1.807) is 0 Å². The van der Waals surface area contributed by atoms with Crippen LogP contribution in [0.25, 0.3) is 0 Å². The highest BCUT2D eigenvalue weighted by molar-refractivity contribution is 5.84. The molecular formula is C10H13N3O4. The van der Waals surface area contributed by atoms with Crippen LogP contribution in [0.3, 0.4) is 0 Å². The first-order valence-corrected chi connectivity index (χ1v) is 4.90. The summed E-state index contributed by atoms with van der Waals surface area (Å²) < 4.78 is 6.13. The summed E-state index contributed by atoms with van der Waals surface area (Å²) in [4.78, 5) is 21.5. The van der Waals surface area contributed by atoms with Crippen LogP contribution in [0.2, 0.25) is 0 Å². The SMILES string of the molecule is C=CCOC(=O)Nc1cnn(CCC(=O)O)c1. The molecule has 7 nitrogen and oxygen atoms in total. The molecule has 0 aliphatic carbocycles. The number of aliphatic carboxylic acids is 1. The molecule has 0 spiro atoms. The number of hydrogen-bond acceptors (Lipinski definition) is 4. The summed E-state index contributed by atoms with van der Waals surface area (Å²) in [5, 5.41) is 14.8. The van der Waals surface area contributed by atoms with Gasteiger partial charge in [0.2, 0.25) is 0 Å². The van der Waals surface area contributed by atoms with Crippen LogP contribution in [0.4, 0.5) is 10.5 Å². The summed E-state index contributed by atoms with van der Waals surface area (Å²) >= 11 is 0. The van der Waals surface area contributed by atoms with Gasteiger partial charge in [-0.1, -0.05) is 12.7 Å². The molecule has 92 valence electrons. The maximum absolute atomic E-state index is 11.1. The van der Waals surface area contributed by atoms with Crippen LogP contribution in [0.1, 0.15) is 6.42 Å². The highest BCUT2D eigenvalue weighted by atomic mass is 16.5. The van der Waals surface area contributed by atoms with Crippen LogP contribution in [0.15, 0.2) is 25.0 Å². The van der Waals surface area contributed by atoms with Crippen molar-refractivity contribution in [2.24, 2.45) is 0 Å². The van der Waals surface area contributed by atoms with Crippen molar-refractivity contribution >= 4 is 17.7 Å². The number of carbonyl (C=O) groups is 2. The summed E-state index contributed by atoms with van der Waals surface area (Å²) in [6, 6.07) is 0. The Balaban J connectivity index is 2.42. The van der Waals surface area contributed by atoms with Crippen LogP contribution in [-0.2, 0) is 16.1 Å². The predicted molar refractivity (Wildman–Crippen MR) is 59.6 cm³/mol. The Hall–Kier alpha value is -2.31. The quantitative estimate of drug-likeness (QED) is 0.725. The van der Waals surface area contributed by atoms with E-state index < -0.39 is 12.1 Å². The molecule has 17 heavy (non-hydrogen) atoms. The lowest BCUT2D eigenvalue weighted by Crippen LogP contribution is -2.13. The van der Waals surface area contributed by atoms with Crippen LogP contribution < -0.4 is 5.32 Å². The van der Waals surface area contributed by atoms with Crippen molar-refractivity contribution in [3.63, 3.8) is 0 Å². The van der Waals surface area contributed by atoms with E-state index in [-0.39, 0.29) is 19.6 Å². The smallest absolute Gasteiger partial charge is 0.412 e. The monoisotopic (exact) mass is 239 g/mol. The number of anilines is 1. The molecule has 1 heterocycles. The third-order valence-corrected chi connectivity index (χ3v) is 1.77. The van der Waals surface area contributed by atoms with Gasteiger partial charge < -0.3 is 9.84 Å². The number of ether oxygens (including phenoxy) is 1. The Labute approximate surface area is 97.7 Å². The minimum Gasteiger partial charge on any atom is -0.481 e. The lowest BCUT2D eigenvalue weighted by molar-refractivity contribution is -0.137. The van der Waals surface area contributed by atoms with Gasteiger partial charge in [0.15, 0.2) is 0 Å². The zero-order valence-corrected chi connectivity index (χ0v) is 9.13. The number of nitrogens with one attached hydrogen (secondary N) is 1. The molecule has 7 heteroatoms. The van der Waals surface area contributed by atoms with Gasteiger partial charge in [-0.05, 0) is 0 Å². The fraction of sp³-hybridized carbons (Fsp3) is 0.300. The largest absolute Gasteiger partial charge is 0.481 e. The molecule has 0 saturated carbocycles. The Morgan fingerprint density at radius 1 is 1.65 bits per heavy atom. The van der Waals surface area contributed by atoms with E-state index in [0.29, 0.717) is 5.69 Å². The van der Waals surface area contributed by atoms with Crippen molar-refractivity contribution < 1.29 is 19.4 Å². The van der Waals surface area contributed by atoms with Gasteiger partial charge in [-0.2, -0.15) is 5.10 Å². The first kappa shape index (κ1) is 12.8. The Bertz CT molecular complexity index is 413. The second-order valence-corrected chi connectivity index (χ2v) is 3.15. The fourth-order valence-electron chi connectivity index (χ4n) is 1.05. The second-order valence-electron chi connectivity index (χ2n) is 3.15. The van der Waals surface area contributed by atoms with E-state index in [0.717, 1.165) is 0 Å². The number of nitrogens with zero attached hydrogens (tertiary/aromatic N) is 2. The van der Waals surface area contributed by atoms with Gasteiger partial charge in [-0.15, -0.1) is 0 Å². The molecule has 0 fully saturated rings.